The lowest BCUT2D eigenvalue weighted by Crippen LogP contribution is -2.54. The number of esters is 1. The lowest BCUT2D eigenvalue weighted by atomic mass is 9.79. The molecule has 4 heterocycles. The van der Waals surface area contributed by atoms with Crippen molar-refractivity contribution in [1.29, 1.82) is 0 Å². The topological polar surface area (TPSA) is 58.6 Å². The monoisotopic (exact) mass is 314 g/mol. The van der Waals surface area contributed by atoms with Gasteiger partial charge < -0.3 is 10.1 Å². The lowest BCUT2D eigenvalue weighted by Gasteiger charge is -2.45. The molecule has 1 aromatic carbocycles. The summed E-state index contributed by atoms with van der Waals surface area (Å²) in [5, 5.41) is 2.85. The van der Waals surface area contributed by atoms with Crippen molar-refractivity contribution >= 4 is 17.6 Å². The zero-order chi connectivity index (χ0) is 16.0. The molecule has 2 unspecified atom stereocenters. The van der Waals surface area contributed by atoms with E-state index in [1.54, 1.807) is 6.92 Å². The average Bonchev–Trinajstić information content (AvgIpc) is 2.57. The van der Waals surface area contributed by atoms with E-state index in [0.29, 0.717) is 12.3 Å². The first-order chi connectivity index (χ1) is 11.1. The SMILES string of the molecule is CC1(C(=O)OC2CN3CCC2CC3)Cc2ccccc2NC1=O. The second kappa shape index (κ2) is 5.34. The fraction of sp³-hybridized carbons (Fsp3) is 0.556. The molecule has 0 spiro atoms. The highest BCUT2D eigenvalue weighted by Crippen LogP contribution is 2.36. The van der Waals surface area contributed by atoms with Crippen LogP contribution < -0.4 is 5.32 Å². The van der Waals surface area contributed by atoms with Crippen LogP contribution in [-0.4, -0.2) is 42.5 Å². The second-order valence-electron chi connectivity index (χ2n) is 7.20. The van der Waals surface area contributed by atoms with Gasteiger partial charge in [-0.1, -0.05) is 18.2 Å². The molecule has 5 nitrogen and oxygen atoms in total. The Morgan fingerprint density at radius 2 is 2.04 bits per heavy atom. The molecule has 1 amide bonds. The quantitative estimate of drug-likeness (QED) is 0.668. The van der Waals surface area contributed by atoms with Gasteiger partial charge in [-0.25, -0.2) is 0 Å². The Labute approximate surface area is 136 Å². The molecule has 3 fully saturated rings. The number of ether oxygens (including phenoxy) is 1. The summed E-state index contributed by atoms with van der Waals surface area (Å²) in [5.41, 5.74) is 0.645. The number of anilines is 1. The summed E-state index contributed by atoms with van der Waals surface area (Å²) in [6.45, 7) is 4.71. The number of carbonyl (C=O) groups is 2. The van der Waals surface area contributed by atoms with Gasteiger partial charge in [0.15, 0.2) is 0 Å². The summed E-state index contributed by atoms with van der Waals surface area (Å²) in [4.78, 5) is 27.6. The molecule has 0 aliphatic carbocycles. The highest BCUT2D eigenvalue weighted by atomic mass is 16.5. The van der Waals surface area contributed by atoms with E-state index >= 15 is 0 Å². The van der Waals surface area contributed by atoms with Crippen LogP contribution in [0.15, 0.2) is 24.3 Å². The fourth-order valence-electron chi connectivity index (χ4n) is 3.99. The van der Waals surface area contributed by atoms with E-state index in [0.717, 1.165) is 43.7 Å². The van der Waals surface area contributed by atoms with E-state index in [4.69, 9.17) is 4.74 Å². The first-order valence-corrected chi connectivity index (χ1v) is 8.39. The number of amides is 1. The maximum absolute atomic E-state index is 12.8. The first kappa shape index (κ1) is 14.7. The summed E-state index contributed by atoms with van der Waals surface area (Å²) >= 11 is 0. The van der Waals surface area contributed by atoms with Crippen LogP contribution in [-0.2, 0) is 20.7 Å². The van der Waals surface area contributed by atoms with Crippen molar-refractivity contribution in [1.82, 2.24) is 4.90 Å². The van der Waals surface area contributed by atoms with Crippen LogP contribution in [0.4, 0.5) is 5.69 Å². The van der Waals surface area contributed by atoms with Crippen LogP contribution in [0, 0.1) is 11.3 Å². The third kappa shape index (κ3) is 2.43. The van der Waals surface area contributed by atoms with E-state index in [1.165, 1.54) is 0 Å². The molecule has 0 radical (unpaired) electrons. The third-order valence-electron chi connectivity index (χ3n) is 5.62. The highest BCUT2D eigenvalue weighted by molar-refractivity contribution is 6.10. The Hall–Kier alpha value is -1.88. The zero-order valence-electron chi connectivity index (χ0n) is 13.4. The van der Waals surface area contributed by atoms with E-state index in [2.05, 4.69) is 10.2 Å². The van der Waals surface area contributed by atoms with E-state index in [-0.39, 0.29) is 18.0 Å². The van der Waals surface area contributed by atoms with Gasteiger partial charge in [-0.2, -0.15) is 0 Å². The Morgan fingerprint density at radius 3 is 2.74 bits per heavy atom. The van der Waals surface area contributed by atoms with Crippen LogP contribution in [0.5, 0.6) is 0 Å². The number of nitrogens with zero attached hydrogens (tertiary/aromatic N) is 1. The Balaban J connectivity index is 1.52. The molecule has 0 saturated carbocycles. The van der Waals surface area contributed by atoms with Crippen molar-refractivity contribution in [3.63, 3.8) is 0 Å². The molecule has 23 heavy (non-hydrogen) atoms. The smallest absolute Gasteiger partial charge is 0.322 e. The number of fused-ring (bicyclic) bond motifs is 4. The number of carbonyl (C=O) groups excluding carboxylic acids is 2. The van der Waals surface area contributed by atoms with Gasteiger partial charge in [-0.05, 0) is 56.8 Å². The van der Waals surface area contributed by atoms with Gasteiger partial charge in [0.25, 0.3) is 0 Å². The van der Waals surface area contributed by atoms with Crippen LogP contribution in [0.2, 0.25) is 0 Å². The van der Waals surface area contributed by atoms with Gasteiger partial charge in [0, 0.05) is 12.2 Å². The number of benzene rings is 1. The van der Waals surface area contributed by atoms with Gasteiger partial charge in [-0.3, -0.25) is 14.5 Å². The maximum Gasteiger partial charge on any atom is 0.322 e. The van der Waals surface area contributed by atoms with Crippen molar-refractivity contribution in [3.05, 3.63) is 29.8 Å². The molecule has 3 saturated heterocycles. The van der Waals surface area contributed by atoms with Crippen molar-refractivity contribution in [2.45, 2.75) is 32.3 Å². The van der Waals surface area contributed by atoms with Gasteiger partial charge in [0.1, 0.15) is 11.5 Å². The standard InChI is InChI=1S/C18H22N2O3/c1-18(10-13-4-2-3-5-14(13)19-16(18)21)17(22)23-15-11-20-8-6-12(15)7-9-20/h2-5,12,15H,6-11H2,1H3,(H,19,21). The molecule has 2 atom stereocenters. The molecule has 1 N–H and O–H groups in total. The number of piperidine rings is 3. The minimum absolute atomic E-state index is 0.0632. The summed E-state index contributed by atoms with van der Waals surface area (Å²) in [5.74, 6) is -0.197. The Morgan fingerprint density at radius 1 is 1.30 bits per heavy atom. The number of hydrogen-bond acceptors (Lipinski definition) is 4. The van der Waals surface area contributed by atoms with E-state index in [1.807, 2.05) is 24.3 Å². The Bertz CT molecular complexity index is 651. The largest absolute Gasteiger partial charge is 0.460 e. The van der Waals surface area contributed by atoms with Crippen molar-refractivity contribution in [2.75, 3.05) is 25.0 Å². The van der Waals surface area contributed by atoms with E-state index in [9.17, 15) is 9.59 Å². The van der Waals surface area contributed by atoms with Crippen LogP contribution in [0.25, 0.3) is 0 Å². The molecule has 5 rings (SSSR count). The van der Waals surface area contributed by atoms with Crippen molar-refractivity contribution in [2.24, 2.45) is 11.3 Å². The number of hydrogen-bond donors (Lipinski definition) is 1. The molecule has 0 aromatic heterocycles. The summed E-state index contributed by atoms with van der Waals surface area (Å²) in [7, 11) is 0. The zero-order valence-corrected chi connectivity index (χ0v) is 13.4. The molecule has 4 aliphatic rings. The summed E-state index contributed by atoms with van der Waals surface area (Å²) < 4.78 is 5.81. The molecule has 122 valence electrons. The van der Waals surface area contributed by atoms with Crippen LogP contribution in [0.3, 0.4) is 0 Å². The van der Waals surface area contributed by atoms with E-state index < -0.39 is 5.41 Å². The minimum Gasteiger partial charge on any atom is -0.460 e. The van der Waals surface area contributed by atoms with Gasteiger partial charge >= 0.3 is 5.97 Å². The molecule has 2 bridgehead atoms. The minimum atomic E-state index is -1.14. The lowest BCUT2D eigenvalue weighted by molar-refractivity contribution is -0.172. The number of nitrogens with one attached hydrogen (secondary N) is 1. The van der Waals surface area contributed by atoms with Crippen LogP contribution in [0.1, 0.15) is 25.3 Å². The second-order valence-corrected chi connectivity index (χ2v) is 7.20. The number of para-hydroxylation sites is 1. The highest BCUT2D eigenvalue weighted by Gasteiger charge is 2.48. The molecule has 1 aromatic rings. The molecular formula is C18H22N2O3. The normalized spacial score (nSPS) is 35.3. The van der Waals surface area contributed by atoms with Gasteiger partial charge in [0.2, 0.25) is 5.91 Å². The predicted molar refractivity (Wildman–Crippen MR) is 85.9 cm³/mol. The Kier molecular flexibility index (Phi) is 3.41. The van der Waals surface area contributed by atoms with Crippen LogP contribution >= 0.6 is 0 Å². The number of rotatable bonds is 2. The third-order valence-corrected chi connectivity index (χ3v) is 5.62. The summed E-state index contributed by atoms with van der Waals surface area (Å²) in [6, 6.07) is 7.63. The molecule has 5 heteroatoms. The average molecular weight is 314 g/mol. The molecule has 4 aliphatic heterocycles. The van der Waals surface area contributed by atoms with Crippen molar-refractivity contribution < 1.29 is 14.3 Å². The van der Waals surface area contributed by atoms with Crippen molar-refractivity contribution in [3.8, 4) is 0 Å². The predicted octanol–water partition coefficient (Wildman–Crippen LogP) is 1.82. The fourth-order valence-corrected chi connectivity index (χ4v) is 3.99. The van der Waals surface area contributed by atoms with Gasteiger partial charge in [0.05, 0.1) is 0 Å². The maximum atomic E-state index is 12.8. The van der Waals surface area contributed by atoms with Gasteiger partial charge in [-0.15, -0.1) is 0 Å². The summed E-state index contributed by atoms with van der Waals surface area (Å²) in [6.07, 6.45) is 2.51. The first-order valence-electron chi connectivity index (χ1n) is 8.39. The molecular weight excluding hydrogens is 292 g/mol.